The number of nitrogen functional groups attached to an aromatic ring is 1. The van der Waals surface area contributed by atoms with Crippen LogP contribution in [0.4, 0.5) is 5.69 Å². The number of nitrogens with two attached hydrogens (primary N) is 1. The maximum Gasteiger partial charge on any atom is 0.240 e. The van der Waals surface area contributed by atoms with E-state index in [0.29, 0.717) is 23.5 Å². The fourth-order valence-electron chi connectivity index (χ4n) is 2.77. The van der Waals surface area contributed by atoms with Crippen molar-refractivity contribution in [1.82, 2.24) is 4.72 Å². The van der Waals surface area contributed by atoms with E-state index in [0.717, 1.165) is 24.8 Å². The summed E-state index contributed by atoms with van der Waals surface area (Å²) in [4.78, 5) is 0.325. The summed E-state index contributed by atoms with van der Waals surface area (Å²) >= 11 is 0. The first-order chi connectivity index (χ1) is 9.42. The van der Waals surface area contributed by atoms with Crippen molar-refractivity contribution in [3.63, 3.8) is 0 Å². The van der Waals surface area contributed by atoms with Gasteiger partial charge in [-0.15, -0.1) is 0 Å². The lowest BCUT2D eigenvalue weighted by atomic mass is 9.67. The van der Waals surface area contributed by atoms with E-state index in [1.165, 1.54) is 6.42 Å². The van der Waals surface area contributed by atoms with E-state index in [1.54, 1.807) is 18.2 Å². The molecule has 0 heterocycles. The van der Waals surface area contributed by atoms with Gasteiger partial charge in [0.25, 0.3) is 0 Å². The maximum absolute atomic E-state index is 12.5. The van der Waals surface area contributed by atoms with E-state index in [1.807, 2.05) is 6.92 Å². The van der Waals surface area contributed by atoms with Crippen molar-refractivity contribution in [1.29, 1.82) is 0 Å². The van der Waals surface area contributed by atoms with Gasteiger partial charge in [-0.05, 0) is 48.8 Å². The fraction of sp³-hybridized carbons (Fsp3) is 0.600. The fourth-order valence-corrected chi connectivity index (χ4v) is 4.27. The maximum atomic E-state index is 12.5. The van der Waals surface area contributed by atoms with E-state index in [2.05, 4.69) is 11.6 Å². The number of rotatable bonds is 6. The lowest BCUT2D eigenvalue weighted by Gasteiger charge is -2.41. The number of hydrogen-bond acceptors (Lipinski definition) is 3. The normalized spacial score (nSPS) is 17.7. The van der Waals surface area contributed by atoms with Gasteiger partial charge >= 0.3 is 0 Å². The molecule has 0 saturated heterocycles. The lowest BCUT2D eigenvalue weighted by molar-refractivity contribution is 0.133. The second kappa shape index (κ2) is 5.74. The number of sulfonamides is 1. The predicted octanol–water partition coefficient (Wildman–Crippen LogP) is 2.69. The molecule has 1 aromatic rings. The van der Waals surface area contributed by atoms with Crippen molar-refractivity contribution in [2.45, 2.75) is 50.8 Å². The van der Waals surface area contributed by atoms with Crippen LogP contribution in [0.1, 0.15) is 45.1 Å². The minimum Gasteiger partial charge on any atom is -0.399 e. The van der Waals surface area contributed by atoms with Crippen molar-refractivity contribution in [3.05, 3.63) is 23.8 Å². The SMILES string of the molecule is CCc1ccc(N)cc1S(=O)(=O)NCC1(CC)CCC1. The average molecular weight is 296 g/mol. The van der Waals surface area contributed by atoms with Crippen LogP contribution < -0.4 is 10.5 Å². The number of aryl methyl sites for hydroxylation is 1. The molecular weight excluding hydrogens is 272 g/mol. The van der Waals surface area contributed by atoms with E-state index >= 15 is 0 Å². The van der Waals surface area contributed by atoms with E-state index in [9.17, 15) is 8.42 Å². The summed E-state index contributed by atoms with van der Waals surface area (Å²) in [7, 11) is -3.48. The van der Waals surface area contributed by atoms with Crippen molar-refractivity contribution >= 4 is 15.7 Å². The van der Waals surface area contributed by atoms with Crippen LogP contribution >= 0.6 is 0 Å². The van der Waals surface area contributed by atoms with E-state index in [4.69, 9.17) is 5.73 Å². The minimum atomic E-state index is -3.48. The summed E-state index contributed by atoms with van der Waals surface area (Å²) in [5.41, 5.74) is 7.19. The second-order valence-corrected chi connectivity index (χ2v) is 7.49. The molecule has 0 aromatic heterocycles. The van der Waals surface area contributed by atoms with Gasteiger partial charge in [-0.1, -0.05) is 26.3 Å². The first-order valence-electron chi connectivity index (χ1n) is 7.30. The summed E-state index contributed by atoms with van der Waals surface area (Å²) in [6, 6.07) is 5.10. The molecule has 1 aliphatic carbocycles. The Balaban J connectivity index is 2.20. The van der Waals surface area contributed by atoms with Crippen molar-refractivity contribution in [3.8, 4) is 0 Å². The van der Waals surface area contributed by atoms with Gasteiger partial charge in [0.1, 0.15) is 0 Å². The van der Waals surface area contributed by atoms with Gasteiger partial charge in [-0.25, -0.2) is 13.1 Å². The highest BCUT2D eigenvalue weighted by Gasteiger charge is 2.36. The molecule has 3 N–H and O–H groups in total. The Bertz CT molecular complexity index is 572. The quantitative estimate of drug-likeness (QED) is 0.793. The van der Waals surface area contributed by atoms with Gasteiger partial charge in [-0.2, -0.15) is 0 Å². The van der Waals surface area contributed by atoms with Crippen LogP contribution in [-0.4, -0.2) is 15.0 Å². The summed E-state index contributed by atoms with van der Waals surface area (Å²) in [5, 5.41) is 0. The molecule has 1 saturated carbocycles. The highest BCUT2D eigenvalue weighted by molar-refractivity contribution is 7.89. The minimum absolute atomic E-state index is 0.166. The van der Waals surface area contributed by atoms with Gasteiger partial charge in [-0.3, -0.25) is 0 Å². The Morgan fingerprint density at radius 3 is 2.50 bits per heavy atom. The standard InChI is InChI=1S/C15H24N2O2S/c1-3-12-6-7-13(16)10-14(12)20(18,19)17-11-15(4-2)8-5-9-15/h6-7,10,17H,3-5,8-9,11,16H2,1-2H3. The zero-order valence-corrected chi connectivity index (χ0v) is 13.1. The smallest absolute Gasteiger partial charge is 0.240 e. The van der Waals surface area contributed by atoms with Crippen molar-refractivity contribution in [2.75, 3.05) is 12.3 Å². The second-order valence-electron chi connectivity index (χ2n) is 5.75. The van der Waals surface area contributed by atoms with Gasteiger partial charge in [0.15, 0.2) is 0 Å². The number of benzene rings is 1. The van der Waals surface area contributed by atoms with Crippen LogP contribution in [0.25, 0.3) is 0 Å². The Hall–Kier alpha value is -1.07. The first kappa shape index (κ1) is 15.3. The molecule has 2 rings (SSSR count). The average Bonchev–Trinajstić information content (AvgIpc) is 2.38. The molecule has 4 nitrogen and oxygen atoms in total. The van der Waals surface area contributed by atoms with Gasteiger partial charge in [0, 0.05) is 12.2 Å². The Labute approximate surface area is 121 Å². The van der Waals surface area contributed by atoms with Crippen molar-refractivity contribution in [2.24, 2.45) is 5.41 Å². The Morgan fingerprint density at radius 1 is 1.30 bits per heavy atom. The number of hydrogen-bond donors (Lipinski definition) is 2. The third-order valence-corrected chi connectivity index (χ3v) is 6.05. The van der Waals surface area contributed by atoms with Crippen LogP contribution in [0.5, 0.6) is 0 Å². The monoisotopic (exact) mass is 296 g/mol. The predicted molar refractivity (Wildman–Crippen MR) is 82.0 cm³/mol. The summed E-state index contributed by atoms with van der Waals surface area (Å²) in [6.07, 6.45) is 5.13. The Morgan fingerprint density at radius 2 is 2.00 bits per heavy atom. The third-order valence-electron chi connectivity index (χ3n) is 4.56. The molecule has 1 fully saturated rings. The van der Waals surface area contributed by atoms with E-state index in [-0.39, 0.29) is 5.41 Å². The van der Waals surface area contributed by atoms with Crippen LogP contribution in [0, 0.1) is 5.41 Å². The molecule has 1 aromatic carbocycles. The molecule has 0 spiro atoms. The number of anilines is 1. The van der Waals surface area contributed by atoms with Crippen LogP contribution in [0.2, 0.25) is 0 Å². The van der Waals surface area contributed by atoms with Gasteiger partial charge in [0.2, 0.25) is 10.0 Å². The summed E-state index contributed by atoms with van der Waals surface area (Å²) in [5.74, 6) is 0. The molecule has 5 heteroatoms. The Kier molecular flexibility index (Phi) is 4.39. The highest BCUT2D eigenvalue weighted by atomic mass is 32.2. The molecule has 0 atom stereocenters. The summed E-state index contributed by atoms with van der Waals surface area (Å²) < 4.78 is 27.8. The zero-order chi connectivity index (χ0) is 14.8. The van der Waals surface area contributed by atoms with Crippen LogP contribution in [0.3, 0.4) is 0 Å². The van der Waals surface area contributed by atoms with Crippen molar-refractivity contribution < 1.29 is 8.42 Å². The molecule has 1 aliphatic rings. The molecule has 0 bridgehead atoms. The molecular formula is C15H24N2O2S. The van der Waals surface area contributed by atoms with Crippen LogP contribution in [-0.2, 0) is 16.4 Å². The van der Waals surface area contributed by atoms with Gasteiger partial charge in [0.05, 0.1) is 4.90 Å². The largest absolute Gasteiger partial charge is 0.399 e. The molecule has 112 valence electrons. The lowest BCUT2D eigenvalue weighted by Crippen LogP contribution is -2.41. The van der Waals surface area contributed by atoms with Crippen LogP contribution in [0.15, 0.2) is 23.1 Å². The molecule has 0 radical (unpaired) electrons. The van der Waals surface area contributed by atoms with Gasteiger partial charge < -0.3 is 5.73 Å². The third kappa shape index (κ3) is 2.99. The molecule has 20 heavy (non-hydrogen) atoms. The topological polar surface area (TPSA) is 72.2 Å². The first-order valence-corrected chi connectivity index (χ1v) is 8.79. The number of nitrogens with one attached hydrogen (secondary N) is 1. The molecule has 0 amide bonds. The zero-order valence-electron chi connectivity index (χ0n) is 12.3. The molecule has 0 aliphatic heterocycles. The van der Waals surface area contributed by atoms with E-state index < -0.39 is 10.0 Å². The molecule has 0 unspecified atom stereocenters. The summed E-state index contributed by atoms with van der Waals surface area (Å²) in [6.45, 7) is 4.61. The highest BCUT2D eigenvalue weighted by Crippen LogP contribution is 2.43.